The Hall–Kier alpha value is -1.92. The minimum Gasteiger partial charge on any atom is -0.396 e. The van der Waals surface area contributed by atoms with Crippen LogP contribution in [0.1, 0.15) is 13.2 Å². The fraction of sp³-hybridized carbons (Fsp3) is 0.500. The molecule has 0 radical (unpaired) electrons. The van der Waals surface area contributed by atoms with Gasteiger partial charge in [-0.2, -0.15) is 4.98 Å². The topological polar surface area (TPSA) is 119 Å². The number of anilines is 1. The van der Waals surface area contributed by atoms with Crippen molar-refractivity contribution < 1.29 is 14.9 Å². The highest BCUT2D eigenvalue weighted by Crippen LogP contribution is 2.47. The van der Waals surface area contributed by atoms with E-state index in [4.69, 9.17) is 22.1 Å². The lowest BCUT2D eigenvalue weighted by Gasteiger charge is -2.27. The van der Waals surface area contributed by atoms with Crippen molar-refractivity contribution in [3.05, 3.63) is 12.5 Å². The molecule has 3 rings (SSSR count). The van der Waals surface area contributed by atoms with E-state index in [-0.39, 0.29) is 19.2 Å². The van der Waals surface area contributed by atoms with E-state index in [0.29, 0.717) is 11.2 Å². The molecule has 0 saturated carbocycles. The Bertz CT molecular complexity index is 786. The first-order chi connectivity index (χ1) is 11.0. The van der Waals surface area contributed by atoms with Gasteiger partial charge in [0.2, 0.25) is 5.95 Å². The van der Waals surface area contributed by atoms with E-state index in [2.05, 4.69) is 26.8 Å². The number of hydrogen-bond acceptors (Lipinski definition) is 7. The number of nitrogens with two attached hydrogens (primary N) is 1. The summed E-state index contributed by atoms with van der Waals surface area (Å²) in [5, 5.41) is 19.2. The number of ether oxygens (including phenoxy) is 1. The highest BCUT2D eigenvalue weighted by Gasteiger charge is 2.55. The quantitative estimate of drug-likeness (QED) is 0.529. The number of rotatable bonds is 3. The molecule has 2 unspecified atom stereocenters. The van der Waals surface area contributed by atoms with Crippen LogP contribution in [0.25, 0.3) is 11.2 Å². The van der Waals surface area contributed by atoms with Crippen LogP contribution in [0.4, 0.5) is 5.95 Å². The van der Waals surface area contributed by atoms with Gasteiger partial charge < -0.3 is 20.7 Å². The molecular weight excluding hydrogens is 322 g/mol. The number of fused-ring (bicyclic) bond motifs is 1. The van der Waals surface area contributed by atoms with Gasteiger partial charge in [-0.25, -0.2) is 9.97 Å². The number of aliphatic hydroxyl groups is 2. The number of aliphatic hydroxyl groups excluding tert-OH is 2. The molecule has 3 heterocycles. The molecule has 9 heteroatoms. The van der Waals surface area contributed by atoms with Gasteiger partial charge in [-0.1, -0.05) is 17.5 Å². The summed E-state index contributed by atoms with van der Waals surface area (Å²) in [5.74, 6) is 5.19. The average Bonchev–Trinajstić information content (AvgIpc) is 3.05. The second kappa shape index (κ2) is 5.94. The lowest BCUT2D eigenvalue weighted by Crippen LogP contribution is -2.38. The van der Waals surface area contributed by atoms with Crippen molar-refractivity contribution in [2.75, 3.05) is 18.9 Å². The Morgan fingerprint density at radius 3 is 2.87 bits per heavy atom. The number of hydrogen-bond donors (Lipinski definition) is 3. The van der Waals surface area contributed by atoms with Gasteiger partial charge in [-0.3, -0.25) is 4.57 Å². The van der Waals surface area contributed by atoms with Gasteiger partial charge >= 0.3 is 0 Å². The predicted molar refractivity (Wildman–Crippen MR) is 83.3 cm³/mol. The van der Waals surface area contributed by atoms with Crippen LogP contribution in [0.3, 0.4) is 0 Å². The van der Waals surface area contributed by atoms with Crippen LogP contribution in [0.2, 0.25) is 0 Å². The summed E-state index contributed by atoms with van der Waals surface area (Å²) in [7, 11) is 0. The minimum atomic E-state index is -1.23. The molecule has 1 saturated heterocycles. The minimum absolute atomic E-state index is 0.0939. The zero-order valence-electron chi connectivity index (χ0n) is 12.3. The largest absolute Gasteiger partial charge is 0.396 e. The molecule has 1 aliphatic rings. The molecule has 1 fully saturated rings. The van der Waals surface area contributed by atoms with Crippen molar-refractivity contribution in [3.63, 3.8) is 0 Å². The zero-order valence-corrected chi connectivity index (χ0v) is 13.1. The van der Waals surface area contributed by atoms with Crippen LogP contribution >= 0.6 is 11.6 Å². The second-order valence-corrected chi connectivity index (χ2v) is 5.86. The van der Waals surface area contributed by atoms with E-state index >= 15 is 0 Å². The molecule has 0 aromatic carbocycles. The molecule has 0 aliphatic carbocycles. The lowest BCUT2D eigenvalue weighted by molar-refractivity contribution is -0.0347. The molecule has 23 heavy (non-hydrogen) atoms. The van der Waals surface area contributed by atoms with Crippen LogP contribution < -0.4 is 5.73 Å². The lowest BCUT2D eigenvalue weighted by atomic mass is 9.89. The number of nitrogen functional groups attached to an aromatic ring is 1. The Kier molecular flexibility index (Phi) is 4.12. The first kappa shape index (κ1) is 16.0. The standard InChI is InChI=1S/C14H16ClN5O3/c1-2-3-14(15)8(5-21)10(6-22)23-12(14)20-7-18-9-4-17-13(16)19-11(9)20/h4,7-8,10,12,21-22H,5-6H2,1H3,(H2,16,17,19)/t8?,10-,12-,14?/m1/s1. The molecule has 4 N–H and O–H groups in total. The van der Waals surface area contributed by atoms with E-state index in [9.17, 15) is 10.2 Å². The Labute approximate surface area is 137 Å². The van der Waals surface area contributed by atoms with Crippen molar-refractivity contribution in [1.29, 1.82) is 0 Å². The van der Waals surface area contributed by atoms with Crippen molar-refractivity contribution in [1.82, 2.24) is 19.5 Å². The zero-order chi connectivity index (χ0) is 16.6. The SMILES string of the molecule is CC#CC1(Cl)C(CO)[C@@H](CO)O[C@H]1n1cnc2cnc(N)nc21. The van der Waals surface area contributed by atoms with E-state index in [0.717, 1.165) is 0 Å². The molecule has 8 nitrogen and oxygen atoms in total. The van der Waals surface area contributed by atoms with Crippen LogP contribution in [0, 0.1) is 17.8 Å². The predicted octanol–water partition coefficient (Wildman–Crippen LogP) is -0.0924. The molecule has 2 aromatic rings. The molecular formula is C14H16ClN5O3. The molecule has 4 atom stereocenters. The van der Waals surface area contributed by atoms with E-state index < -0.39 is 23.1 Å². The van der Waals surface area contributed by atoms with Crippen LogP contribution in [0.15, 0.2) is 12.5 Å². The summed E-state index contributed by atoms with van der Waals surface area (Å²) in [5.41, 5.74) is 6.61. The normalized spacial score (nSPS) is 30.3. The smallest absolute Gasteiger partial charge is 0.222 e. The molecule has 122 valence electrons. The van der Waals surface area contributed by atoms with Gasteiger partial charge in [0, 0.05) is 5.92 Å². The summed E-state index contributed by atoms with van der Waals surface area (Å²) in [6.07, 6.45) is 1.56. The molecule has 1 aliphatic heterocycles. The van der Waals surface area contributed by atoms with Crippen LogP contribution in [-0.4, -0.2) is 53.9 Å². The summed E-state index contributed by atoms with van der Waals surface area (Å²) >= 11 is 6.72. The van der Waals surface area contributed by atoms with Gasteiger partial charge in [0.15, 0.2) is 16.7 Å². The maximum atomic E-state index is 9.69. The third kappa shape index (κ3) is 2.42. The summed E-state index contributed by atoms with van der Waals surface area (Å²) < 4.78 is 7.45. The molecule has 0 spiro atoms. The molecule has 0 bridgehead atoms. The Balaban J connectivity index is 2.15. The van der Waals surface area contributed by atoms with E-state index in [1.165, 1.54) is 12.5 Å². The van der Waals surface area contributed by atoms with Crippen LogP contribution in [-0.2, 0) is 4.74 Å². The maximum absolute atomic E-state index is 9.69. The van der Waals surface area contributed by atoms with E-state index in [1.807, 2.05) is 0 Å². The number of halogens is 1. The molecule has 2 aromatic heterocycles. The number of imidazole rings is 1. The van der Waals surface area contributed by atoms with Crippen molar-refractivity contribution in [2.24, 2.45) is 5.92 Å². The number of nitrogens with zero attached hydrogens (tertiary/aromatic N) is 4. The van der Waals surface area contributed by atoms with Gasteiger partial charge in [0.1, 0.15) is 5.52 Å². The third-order valence-electron chi connectivity index (χ3n) is 3.93. The van der Waals surface area contributed by atoms with Gasteiger partial charge in [0.05, 0.1) is 31.8 Å². The highest BCUT2D eigenvalue weighted by molar-refractivity contribution is 6.26. The fourth-order valence-electron chi connectivity index (χ4n) is 2.86. The number of alkyl halides is 1. The van der Waals surface area contributed by atoms with Crippen molar-refractivity contribution in [3.8, 4) is 11.8 Å². The summed E-state index contributed by atoms with van der Waals surface area (Å²) in [6, 6.07) is 0. The maximum Gasteiger partial charge on any atom is 0.222 e. The third-order valence-corrected chi connectivity index (χ3v) is 4.49. The van der Waals surface area contributed by atoms with Crippen molar-refractivity contribution in [2.45, 2.75) is 24.1 Å². The number of aromatic nitrogens is 4. The van der Waals surface area contributed by atoms with Gasteiger partial charge in [0.25, 0.3) is 0 Å². The van der Waals surface area contributed by atoms with Crippen LogP contribution in [0.5, 0.6) is 0 Å². The molecule has 0 amide bonds. The summed E-state index contributed by atoms with van der Waals surface area (Å²) in [4.78, 5) is 11.0. The van der Waals surface area contributed by atoms with Gasteiger partial charge in [-0.05, 0) is 6.92 Å². The van der Waals surface area contributed by atoms with E-state index in [1.54, 1.807) is 11.5 Å². The fourth-order valence-corrected chi connectivity index (χ4v) is 3.32. The average molecular weight is 338 g/mol. The Morgan fingerprint density at radius 1 is 1.43 bits per heavy atom. The van der Waals surface area contributed by atoms with Gasteiger partial charge in [-0.15, -0.1) is 5.92 Å². The van der Waals surface area contributed by atoms with Crippen molar-refractivity contribution >= 4 is 28.7 Å². The monoisotopic (exact) mass is 337 g/mol. The first-order valence-electron chi connectivity index (χ1n) is 7.00. The summed E-state index contributed by atoms with van der Waals surface area (Å²) in [6.45, 7) is 1.09. The Morgan fingerprint density at radius 2 is 2.22 bits per heavy atom. The highest BCUT2D eigenvalue weighted by atomic mass is 35.5. The first-order valence-corrected chi connectivity index (χ1v) is 7.38. The second-order valence-electron chi connectivity index (χ2n) is 5.23.